The van der Waals surface area contributed by atoms with Crippen LogP contribution in [0.1, 0.15) is 27.2 Å². The zero-order chi connectivity index (χ0) is 7.98. The third-order valence-electron chi connectivity index (χ3n) is 1.61. The molecule has 0 amide bonds. The lowest BCUT2D eigenvalue weighted by atomic mass is 10.1. The fourth-order valence-corrected chi connectivity index (χ4v) is 0.802. The molecule has 10 heavy (non-hydrogen) atoms. The van der Waals surface area contributed by atoms with E-state index >= 15 is 0 Å². The molecule has 0 aliphatic heterocycles. The van der Waals surface area contributed by atoms with Gasteiger partial charge in [0.15, 0.2) is 0 Å². The maximum absolute atomic E-state index is 6.91. The Kier molecular flexibility index (Phi) is 4.55. The first-order chi connectivity index (χ1) is 4.76. The van der Waals surface area contributed by atoms with E-state index in [1.165, 1.54) is 17.4 Å². The van der Waals surface area contributed by atoms with Crippen LogP contribution in [0.2, 0.25) is 0 Å². The monoisotopic (exact) mass is 137 g/mol. The molecule has 0 fully saturated rings. The van der Waals surface area contributed by atoms with Gasteiger partial charge in [0.2, 0.25) is 0 Å². The predicted molar refractivity (Wildman–Crippen MR) is 46.6 cm³/mol. The average molecular weight is 137 g/mol. The van der Waals surface area contributed by atoms with Gasteiger partial charge >= 0.3 is 0 Å². The van der Waals surface area contributed by atoms with Crippen molar-refractivity contribution in [3.05, 3.63) is 23.3 Å². The molecule has 0 aliphatic carbocycles. The molecule has 0 heterocycles. The summed E-state index contributed by atoms with van der Waals surface area (Å²) in [4.78, 5) is 0. The highest BCUT2D eigenvalue weighted by Crippen LogP contribution is 2.10. The van der Waals surface area contributed by atoms with E-state index in [9.17, 15) is 0 Å². The third-order valence-corrected chi connectivity index (χ3v) is 1.61. The second-order valence-corrected chi connectivity index (χ2v) is 2.19. The van der Waals surface area contributed by atoms with Crippen molar-refractivity contribution in [3.63, 3.8) is 0 Å². The van der Waals surface area contributed by atoms with E-state index in [0.29, 0.717) is 0 Å². The second kappa shape index (κ2) is 4.98. The lowest BCUT2D eigenvalue weighted by molar-refractivity contribution is 1.23. The van der Waals surface area contributed by atoms with Gasteiger partial charge in [-0.2, -0.15) is 0 Å². The Morgan fingerprint density at radius 3 is 2.20 bits per heavy atom. The van der Waals surface area contributed by atoms with Crippen LogP contribution in [0.5, 0.6) is 0 Å². The van der Waals surface area contributed by atoms with Gasteiger partial charge in [0.1, 0.15) is 0 Å². The highest BCUT2D eigenvalue weighted by atomic mass is 14.3. The van der Waals surface area contributed by atoms with Crippen LogP contribution in [0.4, 0.5) is 0 Å². The maximum atomic E-state index is 6.91. The van der Waals surface area contributed by atoms with E-state index in [4.69, 9.17) is 5.41 Å². The smallest absolute Gasteiger partial charge is 0.00707 e. The Balaban J connectivity index is 4.22. The largest absolute Gasteiger partial charge is 0.313 e. The van der Waals surface area contributed by atoms with Gasteiger partial charge in [-0.1, -0.05) is 17.7 Å². The van der Waals surface area contributed by atoms with Crippen molar-refractivity contribution in [3.8, 4) is 0 Å². The van der Waals surface area contributed by atoms with Crippen LogP contribution in [-0.2, 0) is 0 Å². The van der Waals surface area contributed by atoms with E-state index in [2.05, 4.69) is 19.1 Å². The van der Waals surface area contributed by atoms with Gasteiger partial charge in [0, 0.05) is 6.42 Å². The molecular formula is C9H15N. The van der Waals surface area contributed by atoms with Gasteiger partial charge in [-0.25, -0.2) is 0 Å². The number of hydrogen-bond donors (Lipinski definition) is 1. The summed E-state index contributed by atoms with van der Waals surface area (Å²) in [5.74, 6) is 0. The Bertz CT molecular complexity index is 164. The quantitative estimate of drug-likeness (QED) is 0.457. The zero-order valence-electron chi connectivity index (χ0n) is 6.94. The van der Waals surface area contributed by atoms with Crippen molar-refractivity contribution >= 4 is 6.21 Å². The van der Waals surface area contributed by atoms with Crippen molar-refractivity contribution in [1.29, 1.82) is 5.41 Å². The average Bonchev–Trinajstić information content (AvgIpc) is 1.99. The van der Waals surface area contributed by atoms with Crippen molar-refractivity contribution in [2.45, 2.75) is 27.2 Å². The Hall–Kier alpha value is -0.850. The van der Waals surface area contributed by atoms with Gasteiger partial charge in [-0.15, -0.1) is 0 Å². The van der Waals surface area contributed by atoms with E-state index < -0.39 is 0 Å². The second-order valence-electron chi connectivity index (χ2n) is 2.19. The number of hydrogen-bond acceptors (Lipinski definition) is 1. The predicted octanol–water partition coefficient (Wildman–Crippen LogP) is 2.94. The van der Waals surface area contributed by atoms with Gasteiger partial charge in [-0.3, -0.25) is 0 Å². The summed E-state index contributed by atoms with van der Waals surface area (Å²) in [6.07, 6.45) is 6.31. The maximum Gasteiger partial charge on any atom is 0.00707 e. The molecule has 0 saturated heterocycles. The summed E-state index contributed by atoms with van der Waals surface area (Å²) in [5, 5.41) is 6.91. The first-order valence-electron chi connectivity index (χ1n) is 3.53. The molecule has 0 bridgehead atoms. The Labute approximate surface area is 63.0 Å². The molecule has 0 saturated carbocycles. The van der Waals surface area contributed by atoms with E-state index in [0.717, 1.165) is 6.42 Å². The van der Waals surface area contributed by atoms with Gasteiger partial charge < -0.3 is 5.41 Å². The molecule has 56 valence electrons. The van der Waals surface area contributed by atoms with Crippen LogP contribution < -0.4 is 0 Å². The van der Waals surface area contributed by atoms with Gasteiger partial charge in [0.05, 0.1) is 0 Å². The minimum absolute atomic E-state index is 0.757. The molecule has 0 aromatic carbocycles. The molecule has 0 spiro atoms. The van der Waals surface area contributed by atoms with Crippen molar-refractivity contribution < 1.29 is 0 Å². The number of nitrogens with one attached hydrogen (secondary N) is 1. The van der Waals surface area contributed by atoms with Gasteiger partial charge in [0.25, 0.3) is 0 Å². The minimum Gasteiger partial charge on any atom is -0.313 e. The van der Waals surface area contributed by atoms with Crippen molar-refractivity contribution in [2.75, 3.05) is 0 Å². The Morgan fingerprint density at radius 2 is 1.90 bits per heavy atom. The molecule has 1 nitrogen and oxygen atoms in total. The SMILES string of the molecule is C/C=C(C)\C(=C/C)CC=N. The first kappa shape index (κ1) is 9.15. The summed E-state index contributed by atoms with van der Waals surface area (Å²) < 4.78 is 0. The normalized spacial score (nSPS) is 13.5. The fourth-order valence-electron chi connectivity index (χ4n) is 0.802. The minimum atomic E-state index is 0.757. The number of rotatable bonds is 3. The summed E-state index contributed by atoms with van der Waals surface area (Å²) in [7, 11) is 0. The summed E-state index contributed by atoms with van der Waals surface area (Å²) in [5.41, 5.74) is 2.52. The molecule has 1 N–H and O–H groups in total. The highest BCUT2D eigenvalue weighted by molar-refractivity contribution is 5.60. The molecule has 0 unspecified atom stereocenters. The number of allylic oxidation sites excluding steroid dienone is 4. The van der Waals surface area contributed by atoms with Crippen LogP contribution in [0.3, 0.4) is 0 Å². The van der Waals surface area contributed by atoms with Crippen LogP contribution >= 0.6 is 0 Å². The summed E-state index contributed by atoms with van der Waals surface area (Å²) in [6, 6.07) is 0. The fraction of sp³-hybridized carbons (Fsp3) is 0.444. The molecular weight excluding hydrogens is 122 g/mol. The lowest BCUT2D eigenvalue weighted by Gasteiger charge is -2.01. The molecule has 0 rings (SSSR count). The van der Waals surface area contributed by atoms with Gasteiger partial charge in [-0.05, 0) is 32.6 Å². The van der Waals surface area contributed by atoms with E-state index in [-0.39, 0.29) is 0 Å². The molecule has 0 aromatic heterocycles. The topological polar surface area (TPSA) is 23.9 Å². The van der Waals surface area contributed by atoms with Crippen LogP contribution in [0, 0.1) is 5.41 Å². The van der Waals surface area contributed by atoms with Crippen LogP contribution in [0.25, 0.3) is 0 Å². The van der Waals surface area contributed by atoms with Crippen LogP contribution in [0.15, 0.2) is 23.3 Å². The van der Waals surface area contributed by atoms with Crippen LogP contribution in [-0.4, -0.2) is 6.21 Å². The molecule has 1 heteroatoms. The van der Waals surface area contributed by atoms with Crippen molar-refractivity contribution in [2.24, 2.45) is 0 Å². The van der Waals surface area contributed by atoms with E-state index in [1.807, 2.05) is 13.8 Å². The third kappa shape index (κ3) is 2.62. The standard InChI is InChI=1S/C9H15N/c1-4-8(3)9(5-2)6-7-10/h4-5,7,10H,6H2,1-3H3/b8-4-,9-5-,10-7?. The molecule has 0 aliphatic rings. The molecule has 0 aromatic rings. The molecule has 0 atom stereocenters. The zero-order valence-corrected chi connectivity index (χ0v) is 6.94. The lowest BCUT2D eigenvalue weighted by Crippen LogP contribution is -1.85. The highest BCUT2D eigenvalue weighted by Gasteiger charge is 1.93. The Morgan fingerprint density at radius 1 is 1.30 bits per heavy atom. The summed E-state index contributed by atoms with van der Waals surface area (Å²) in [6.45, 7) is 6.09. The van der Waals surface area contributed by atoms with Crippen molar-refractivity contribution in [1.82, 2.24) is 0 Å². The summed E-state index contributed by atoms with van der Waals surface area (Å²) >= 11 is 0. The molecule has 0 radical (unpaired) electrons. The first-order valence-corrected chi connectivity index (χ1v) is 3.53. The van der Waals surface area contributed by atoms with E-state index in [1.54, 1.807) is 0 Å².